The van der Waals surface area contributed by atoms with Crippen LogP contribution >= 0.6 is 0 Å². The minimum absolute atomic E-state index is 0.386. The zero-order valence-electron chi connectivity index (χ0n) is 12.7. The second kappa shape index (κ2) is 6.12. The monoisotopic (exact) mass is 285 g/mol. The van der Waals surface area contributed by atoms with Gasteiger partial charge in [-0.3, -0.25) is 4.98 Å². The van der Waals surface area contributed by atoms with Crippen LogP contribution in [0.2, 0.25) is 0 Å². The number of aryl methyl sites for hydroxylation is 1. The molecule has 112 valence electrons. The summed E-state index contributed by atoms with van der Waals surface area (Å²) in [7, 11) is 0. The molecule has 3 heteroatoms. The Morgan fingerprint density at radius 2 is 2.10 bits per heavy atom. The molecule has 1 aromatic carbocycles. The van der Waals surface area contributed by atoms with Crippen LogP contribution in [-0.4, -0.2) is 22.8 Å². The van der Waals surface area contributed by atoms with Crippen molar-refractivity contribution >= 4 is 10.9 Å². The quantitative estimate of drug-likeness (QED) is 0.909. The van der Waals surface area contributed by atoms with Crippen molar-refractivity contribution in [1.29, 1.82) is 0 Å². The van der Waals surface area contributed by atoms with E-state index in [-0.39, 0.29) is 6.10 Å². The lowest BCUT2D eigenvalue weighted by atomic mass is 9.78. The lowest BCUT2D eigenvalue weighted by Gasteiger charge is -2.36. The third-order valence-corrected chi connectivity index (χ3v) is 4.39. The maximum atomic E-state index is 10.4. The fourth-order valence-corrected chi connectivity index (χ4v) is 3.14. The van der Waals surface area contributed by atoms with Gasteiger partial charge in [0.1, 0.15) is 0 Å². The molecule has 0 saturated heterocycles. The number of fused-ring (bicyclic) bond motifs is 1. The van der Waals surface area contributed by atoms with E-state index in [0.29, 0.717) is 12.0 Å². The summed E-state index contributed by atoms with van der Waals surface area (Å²) in [5.74, 6) is 0.586. The van der Waals surface area contributed by atoms with Crippen LogP contribution in [0.3, 0.4) is 0 Å². The molecule has 0 spiro atoms. The van der Waals surface area contributed by atoms with Crippen LogP contribution in [-0.2, 0) is 4.74 Å². The van der Waals surface area contributed by atoms with Crippen molar-refractivity contribution in [3.63, 3.8) is 0 Å². The van der Waals surface area contributed by atoms with Crippen LogP contribution in [0.1, 0.15) is 43.5 Å². The third kappa shape index (κ3) is 3.25. The molecule has 0 aliphatic heterocycles. The van der Waals surface area contributed by atoms with Crippen LogP contribution < -0.4 is 0 Å². The Balaban J connectivity index is 1.65. The van der Waals surface area contributed by atoms with Crippen molar-refractivity contribution in [2.45, 2.75) is 45.3 Å². The number of benzene rings is 1. The van der Waals surface area contributed by atoms with Gasteiger partial charge in [0.05, 0.1) is 17.7 Å². The summed E-state index contributed by atoms with van der Waals surface area (Å²) in [5.41, 5.74) is 3.01. The molecule has 1 saturated carbocycles. The first-order valence-corrected chi connectivity index (χ1v) is 7.82. The number of hydrogen-bond donors (Lipinski definition) is 1. The zero-order valence-corrected chi connectivity index (χ0v) is 12.7. The highest BCUT2D eigenvalue weighted by atomic mass is 16.5. The molecule has 1 N–H and O–H groups in total. The number of aliphatic hydroxyl groups is 1. The number of rotatable bonds is 5. The van der Waals surface area contributed by atoms with E-state index in [1.54, 1.807) is 0 Å². The van der Waals surface area contributed by atoms with Gasteiger partial charge in [-0.05, 0) is 62.8 Å². The summed E-state index contributed by atoms with van der Waals surface area (Å²) in [5, 5.41) is 11.5. The maximum Gasteiger partial charge on any atom is 0.0793 e. The Hall–Kier alpha value is -1.45. The standard InChI is InChI=1S/C18H23NO2/c1-3-21-16-8-13(9-16)10-18(20)15-6-7-17-14(11-15)5-4-12(2)19-17/h4-7,11,13,16,18,20H,3,8-10H2,1-2H3. The number of pyridine rings is 1. The van der Waals surface area contributed by atoms with Crippen molar-refractivity contribution < 1.29 is 9.84 Å². The molecule has 1 atom stereocenters. The largest absolute Gasteiger partial charge is 0.388 e. The smallest absolute Gasteiger partial charge is 0.0793 e. The first kappa shape index (κ1) is 14.5. The predicted octanol–water partition coefficient (Wildman–Crippen LogP) is 3.78. The van der Waals surface area contributed by atoms with E-state index in [4.69, 9.17) is 4.74 Å². The highest BCUT2D eigenvalue weighted by Crippen LogP contribution is 2.37. The summed E-state index contributed by atoms with van der Waals surface area (Å²) in [6.45, 7) is 4.82. The van der Waals surface area contributed by atoms with Gasteiger partial charge in [-0.2, -0.15) is 0 Å². The average molecular weight is 285 g/mol. The van der Waals surface area contributed by atoms with Gasteiger partial charge in [-0.15, -0.1) is 0 Å². The van der Waals surface area contributed by atoms with E-state index in [9.17, 15) is 5.11 Å². The Bertz CT molecular complexity index is 620. The van der Waals surface area contributed by atoms with Crippen LogP contribution in [0.15, 0.2) is 30.3 Å². The Morgan fingerprint density at radius 1 is 1.29 bits per heavy atom. The Labute approximate surface area is 126 Å². The number of aromatic nitrogens is 1. The van der Waals surface area contributed by atoms with E-state index in [1.807, 2.05) is 32.0 Å². The second-order valence-corrected chi connectivity index (χ2v) is 6.07. The van der Waals surface area contributed by atoms with E-state index >= 15 is 0 Å². The van der Waals surface area contributed by atoms with Crippen molar-refractivity contribution in [3.05, 3.63) is 41.6 Å². The summed E-state index contributed by atoms with van der Waals surface area (Å²) in [6, 6.07) is 10.1. The van der Waals surface area contributed by atoms with Crippen molar-refractivity contribution in [2.24, 2.45) is 5.92 Å². The van der Waals surface area contributed by atoms with Gasteiger partial charge in [0.2, 0.25) is 0 Å². The van der Waals surface area contributed by atoms with Gasteiger partial charge in [-0.1, -0.05) is 12.1 Å². The van der Waals surface area contributed by atoms with E-state index < -0.39 is 0 Å². The van der Waals surface area contributed by atoms with Gasteiger partial charge in [0, 0.05) is 17.7 Å². The van der Waals surface area contributed by atoms with Gasteiger partial charge in [0.25, 0.3) is 0 Å². The molecule has 2 aromatic rings. The first-order valence-electron chi connectivity index (χ1n) is 7.82. The van der Waals surface area contributed by atoms with Crippen LogP contribution in [0.25, 0.3) is 10.9 Å². The molecule has 1 aliphatic carbocycles. The number of nitrogens with zero attached hydrogens (tertiary/aromatic N) is 1. The van der Waals surface area contributed by atoms with Gasteiger partial charge in [-0.25, -0.2) is 0 Å². The lowest BCUT2D eigenvalue weighted by Crippen LogP contribution is -2.32. The molecule has 1 aliphatic rings. The lowest BCUT2D eigenvalue weighted by molar-refractivity contribution is -0.0380. The molecule has 21 heavy (non-hydrogen) atoms. The Morgan fingerprint density at radius 3 is 2.86 bits per heavy atom. The molecular formula is C18H23NO2. The number of ether oxygens (including phenoxy) is 1. The minimum Gasteiger partial charge on any atom is -0.388 e. The summed E-state index contributed by atoms with van der Waals surface area (Å²) >= 11 is 0. The highest BCUT2D eigenvalue weighted by molar-refractivity contribution is 5.79. The summed E-state index contributed by atoms with van der Waals surface area (Å²) in [6.07, 6.45) is 3.02. The van der Waals surface area contributed by atoms with Crippen LogP contribution in [0.5, 0.6) is 0 Å². The Kier molecular flexibility index (Phi) is 4.22. The minimum atomic E-state index is -0.386. The van der Waals surface area contributed by atoms with E-state index in [2.05, 4.69) is 17.1 Å². The SMILES string of the molecule is CCOC1CC(CC(O)c2ccc3nc(C)ccc3c2)C1. The fourth-order valence-electron chi connectivity index (χ4n) is 3.14. The molecule has 0 radical (unpaired) electrons. The van der Waals surface area contributed by atoms with Crippen LogP contribution in [0.4, 0.5) is 0 Å². The molecule has 0 amide bonds. The van der Waals surface area contributed by atoms with Crippen LogP contribution in [0, 0.1) is 12.8 Å². The molecule has 1 heterocycles. The summed E-state index contributed by atoms with van der Waals surface area (Å²) in [4.78, 5) is 4.50. The van der Waals surface area contributed by atoms with E-state index in [1.165, 1.54) is 0 Å². The van der Waals surface area contributed by atoms with Gasteiger partial charge in [0.15, 0.2) is 0 Å². The summed E-state index contributed by atoms with van der Waals surface area (Å²) < 4.78 is 5.57. The third-order valence-electron chi connectivity index (χ3n) is 4.39. The second-order valence-electron chi connectivity index (χ2n) is 6.07. The maximum absolute atomic E-state index is 10.4. The molecule has 1 unspecified atom stereocenters. The zero-order chi connectivity index (χ0) is 14.8. The van der Waals surface area contributed by atoms with Crippen molar-refractivity contribution in [2.75, 3.05) is 6.61 Å². The molecule has 0 bridgehead atoms. The molecule has 1 aromatic heterocycles. The highest BCUT2D eigenvalue weighted by Gasteiger charge is 2.31. The van der Waals surface area contributed by atoms with Crippen molar-refractivity contribution in [3.8, 4) is 0 Å². The number of aliphatic hydroxyl groups excluding tert-OH is 1. The molecule has 3 rings (SSSR count). The average Bonchev–Trinajstić information content (AvgIpc) is 2.44. The molecular weight excluding hydrogens is 262 g/mol. The van der Waals surface area contributed by atoms with Gasteiger partial charge < -0.3 is 9.84 Å². The topological polar surface area (TPSA) is 42.4 Å². The predicted molar refractivity (Wildman–Crippen MR) is 84.2 cm³/mol. The normalized spacial score (nSPS) is 23.0. The number of hydrogen-bond acceptors (Lipinski definition) is 3. The molecule has 1 fully saturated rings. The molecule has 3 nitrogen and oxygen atoms in total. The fraction of sp³-hybridized carbons (Fsp3) is 0.500. The van der Waals surface area contributed by atoms with Gasteiger partial charge >= 0.3 is 0 Å². The first-order chi connectivity index (χ1) is 10.2. The van der Waals surface area contributed by atoms with E-state index in [0.717, 1.165) is 48.0 Å². The van der Waals surface area contributed by atoms with Crippen molar-refractivity contribution in [1.82, 2.24) is 4.98 Å².